The van der Waals surface area contributed by atoms with Crippen molar-refractivity contribution in [1.82, 2.24) is 4.90 Å². The van der Waals surface area contributed by atoms with Crippen molar-refractivity contribution in [2.24, 2.45) is 5.92 Å². The van der Waals surface area contributed by atoms with Crippen molar-refractivity contribution in [3.8, 4) is 11.5 Å². The van der Waals surface area contributed by atoms with E-state index in [0.29, 0.717) is 37.8 Å². The van der Waals surface area contributed by atoms with Gasteiger partial charge in [-0.1, -0.05) is 13.0 Å². The zero-order chi connectivity index (χ0) is 21.1. The van der Waals surface area contributed by atoms with Crippen LogP contribution in [0.1, 0.15) is 42.1 Å². The molecule has 10 heteroatoms. The smallest absolute Gasteiger partial charge is 0.522 e. The van der Waals surface area contributed by atoms with Gasteiger partial charge in [0.15, 0.2) is 0 Å². The summed E-state index contributed by atoms with van der Waals surface area (Å²) in [4.78, 5) is 36.2. The number of benzene rings is 1. The number of aryl methyl sites for hydroxylation is 1. The molecule has 2 heterocycles. The van der Waals surface area contributed by atoms with Gasteiger partial charge in [-0.15, -0.1) is 0 Å². The molecule has 2 aliphatic rings. The summed E-state index contributed by atoms with van der Waals surface area (Å²) in [6.07, 6.45) is 1.33. The van der Waals surface area contributed by atoms with Gasteiger partial charge in [-0.25, -0.2) is 4.79 Å². The first kappa shape index (κ1) is 21.0. The van der Waals surface area contributed by atoms with Crippen LogP contribution in [0, 0.1) is 5.92 Å². The maximum absolute atomic E-state index is 12.3. The second-order valence-corrected chi connectivity index (χ2v) is 7.62. The number of likely N-dealkylation sites (tertiary alicyclic amines) is 1. The summed E-state index contributed by atoms with van der Waals surface area (Å²) in [5.74, 6) is -1.90. The van der Waals surface area contributed by atoms with Crippen LogP contribution in [0.5, 0.6) is 11.5 Å². The van der Waals surface area contributed by atoms with E-state index in [4.69, 9.17) is 14.5 Å². The van der Waals surface area contributed by atoms with E-state index in [0.717, 1.165) is 0 Å². The van der Waals surface area contributed by atoms with Gasteiger partial charge in [0.2, 0.25) is 5.91 Å². The number of amides is 1. The lowest BCUT2D eigenvalue weighted by molar-refractivity contribution is -0.142. The second kappa shape index (κ2) is 8.73. The molecule has 3 rings (SSSR count). The van der Waals surface area contributed by atoms with E-state index in [-0.39, 0.29) is 47.8 Å². The Hall–Kier alpha value is -2.75. The minimum absolute atomic E-state index is 0.0265. The summed E-state index contributed by atoms with van der Waals surface area (Å²) in [7, 11) is -1.05. The molecular weight excluding hydrogens is 381 g/mol. The third kappa shape index (κ3) is 5.00. The molecule has 0 saturated carbocycles. The normalized spacial score (nSPS) is 17.0. The van der Waals surface area contributed by atoms with E-state index in [9.17, 15) is 24.5 Å². The van der Waals surface area contributed by atoms with Crippen LogP contribution >= 0.6 is 0 Å². The highest BCUT2D eigenvalue weighted by molar-refractivity contribution is 6.44. The van der Waals surface area contributed by atoms with Crippen LogP contribution in [-0.2, 0) is 16.0 Å². The van der Waals surface area contributed by atoms with Crippen molar-refractivity contribution in [3.63, 3.8) is 0 Å². The molecule has 1 saturated heterocycles. The van der Waals surface area contributed by atoms with E-state index >= 15 is 0 Å². The molecule has 0 radical (unpaired) electrons. The first-order valence-electron chi connectivity index (χ1n) is 9.64. The maximum Gasteiger partial charge on any atom is 0.522 e. The lowest BCUT2D eigenvalue weighted by Gasteiger charge is -2.39. The number of nitrogens with zero attached hydrogens (tertiary/aromatic N) is 1. The Morgan fingerprint density at radius 1 is 1.31 bits per heavy atom. The Morgan fingerprint density at radius 2 is 2.03 bits per heavy atom. The van der Waals surface area contributed by atoms with Crippen molar-refractivity contribution < 1.29 is 39.0 Å². The van der Waals surface area contributed by atoms with Gasteiger partial charge in [-0.2, -0.15) is 0 Å². The monoisotopic (exact) mass is 405 g/mol. The Morgan fingerprint density at radius 3 is 2.69 bits per heavy atom. The summed E-state index contributed by atoms with van der Waals surface area (Å²) >= 11 is 0. The molecule has 1 fully saturated rings. The quantitative estimate of drug-likeness (QED) is 0.551. The topological polar surface area (TPSA) is 134 Å². The van der Waals surface area contributed by atoms with Gasteiger partial charge >= 0.3 is 19.1 Å². The van der Waals surface area contributed by atoms with Crippen LogP contribution in [0.25, 0.3) is 0 Å². The van der Waals surface area contributed by atoms with Crippen molar-refractivity contribution in [2.75, 3.05) is 13.1 Å². The minimum atomic E-state index is -1.20. The number of hydrogen-bond acceptors (Lipinski definition) is 6. The van der Waals surface area contributed by atoms with Gasteiger partial charge in [0.05, 0.1) is 13.1 Å². The van der Waals surface area contributed by atoms with Gasteiger partial charge in [0, 0.05) is 12.8 Å². The Bertz CT molecular complexity index is 808. The molecule has 1 aromatic rings. The number of carbonyl (C=O) groups is 3. The first-order valence-corrected chi connectivity index (χ1v) is 9.64. The summed E-state index contributed by atoms with van der Waals surface area (Å²) in [5, 5.41) is 28.0. The summed E-state index contributed by atoms with van der Waals surface area (Å²) < 4.78 is 11.1. The van der Waals surface area contributed by atoms with Gasteiger partial charge in [0.1, 0.15) is 23.2 Å². The molecule has 2 aliphatic heterocycles. The Kier molecular flexibility index (Phi) is 6.31. The molecule has 1 atom stereocenters. The zero-order valence-corrected chi connectivity index (χ0v) is 16.2. The van der Waals surface area contributed by atoms with Gasteiger partial charge in [-0.05, 0) is 36.7 Å². The third-order valence-electron chi connectivity index (χ3n) is 5.20. The van der Waals surface area contributed by atoms with E-state index in [2.05, 4.69) is 0 Å². The second-order valence-electron chi connectivity index (χ2n) is 7.62. The van der Waals surface area contributed by atoms with E-state index in [1.54, 1.807) is 17.0 Å². The van der Waals surface area contributed by atoms with E-state index < -0.39 is 19.1 Å². The summed E-state index contributed by atoms with van der Waals surface area (Å²) in [6, 6.07) is 3.32. The molecule has 0 unspecified atom stereocenters. The molecular formula is C19H24BNO8. The first-order chi connectivity index (χ1) is 13.7. The minimum Gasteiger partial charge on any atom is -0.535 e. The lowest BCUT2D eigenvalue weighted by atomic mass is 9.78. The van der Waals surface area contributed by atoms with Crippen LogP contribution in [0.4, 0.5) is 0 Å². The highest BCUT2D eigenvalue weighted by Crippen LogP contribution is 2.37. The number of hydrogen-bond donors (Lipinski definition) is 3. The average Bonchev–Trinajstić information content (AvgIpc) is 2.61. The number of carboxylic acid groups (broad SMARTS) is 2. The molecule has 1 amide bonds. The van der Waals surface area contributed by atoms with Crippen LogP contribution in [0.2, 0.25) is 6.32 Å². The largest absolute Gasteiger partial charge is 0.535 e. The molecule has 0 aliphatic carbocycles. The van der Waals surface area contributed by atoms with E-state index in [1.807, 2.05) is 6.92 Å². The van der Waals surface area contributed by atoms with Gasteiger partial charge in [-0.3, -0.25) is 9.59 Å². The number of ether oxygens (including phenoxy) is 1. The number of carboxylic acids is 2. The molecule has 0 bridgehead atoms. The lowest BCUT2D eigenvalue weighted by Crippen LogP contribution is -2.56. The fourth-order valence-electron chi connectivity index (χ4n) is 3.51. The number of rotatable bonds is 8. The van der Waals surface area contributed by atoms with Crippen molar-refractivity contribution in [3.05, 3.63) is 23.3 Å². The molecule has 9 nitrogen and oxygen atoms in total. The number of aromatic carboxylic acids is 1. The van der Waals surface area contributed by atoms with Crippen LogP contribution in [-0.4, -0.2) is 64.3 Å². The zero-order valence-electron chi connectivity index (χ0n) is 16.2. The van der Waals surface area contributed by atoms with Gasteiger partial charge in [0.25, 0.3) is 0 Å². The molecule has 0 aromatic heterocycles. The third-order valence-corrected chi connectivity index (χ3v) is 5.20. The predicted molar refractivity (Wildman–Crippen MR) is 102 cm³/mol. The maximum atomic E-state index is 12.3. The fraction of sp³-hybridized carbons (Fsp3) is 0.526. The number of aliphatic carboxylic acids is 1. The standard InChI is InChI=1S/C19H24BNO8/c1-11(2-5-16(23)24)8-15(22)21-9-13(10-21)28-14-4-3-12-6-7-20(27)29-18(12)17(14)19(25)26/h3-4,11,13,27H,2,5-10H2,1H3,(H,23,24)(H,25,26)/t11-/m0/s1. The molecule has 156 valence electrons. The fourth-order valence-corrected chi connectivity index (χ4v) is 3.51. The number of fused-ring (bicyclic) bond motifs is 1. The van der Waals surface area contributed by atoms with Gasteiger partial charge < -0.3 is 29.5 Å². The Labute approximate surface area is 168 Å². The SMILES string of the molecule is C[C@@H](CCC(=O)O)CC(=O)N1CC(Oc2ccc3c(c2C(=O)O)OB(O)CC3)C1. The number of carbonyl (C=O) groups excluding carboxylic acids is 1. The highest BCUT2D eigenvalue weighted by Gasteiger charge is 2.35. The van der Waals surface area contributed by atoms with E-state index in [1.165, 1.54) is 0 Å². The van der Waals surface area contributed by atoms with Crippen LogP contribution in [0.3, 0.4) is 0 Å². The van der Waals surface area contributed by atoms with Crippen molar-refractivity contribution in [2.45, 2.75) is 45.0 Å². The van der Waals surface area contributed by atoms with Crippen LogP contribution in [0.15, 0.2) is 12.1 Å². The van der Waals surface area contributed by atoms with Crippen LogP contribution < -0.4 is 9.39 Å². The summed E-state index contributed by atoms with van der Waals surface area (Å²) in [5.41, 5.74) is 0.592. The molecule has 0 spiro atoms. The molecule has 29 heavy (non-hydrogen) atoms. The Balaban J connectivity index is 1.57. The highest BCUT2D eigenvalue weighted by atomic mass is 16.5. The average molecular weight is 405 g/mol. The molecule has 3 N–H and O–H groups in total. The van der Waals surface area contributed by atoms with Crippen molar-refractivity contribution in [1.29, 1.82) is 0 Å². The summed E-state index contributed by atoms with van der Waals surface area (Å²) in [6.45, 7) is 2.52. The predicted octanol–water partition coefficient (Wildman–Crippen LogP) is 1.28. The van der Waals surface area contributed by atoms with Crippen molar-refractivity contribution >= 4 is 25.0 Å². The molecule has 1 aromatic carbocycles.